The topological polar surface area (TPSA) is 81.5 Å². The van der Waals surface area contributed by atoms with E-state index in [9.17, 15) is 9.90 Å². The highest BCUT2D eigenvalue weighted by atomic mass is 16.6. The van der Waals surface area contributed by atoms with Gasteiger partial charge in [-0.1, -0.05) is 31.0 Å². The molecule has 0 atom stereocenters. The highest BCUT2D eigenvalue weighted by Gasteiger charge is 2.23. The molecule has 0 aliphatic heterocycles. The Kier molecular flexibility index (Phi) is 8.02. The average molecular weight is 427 g/mol. The van der Waals surface area contributed by atoms with Gasteiger partial charge in [0.15, 0.2) is 11.6 Å². The molecule has 1 saturated carbocycles. The number of rotatable bonds is 8. The number of ether oxygens (including phenoxy) is 2. The number of hydrogen-bond acceptors (Lipinski definition) is 6. The minimum absolute atomic E-state index is 0.00170. The number of carbonyl (C=O) groups is 1. The third-order valence-corrected chi connectivity index (χ3v) is 5.62. The van der Waals surface area contributed by atoms with Crippen LogP contribution in [0.4, 0.5) is 0 Å². The molecule has 0 spiro atoms. The van der Waals surface area contributed by atoms with Gasteiger partial charge in [0.1, 0.15) is 5.60 Å². The predicted molar refractivity (Wildman–Crippen MR) is 119 cm³/mol. The molecule has 0 bridgehead atoms. The van der Waals surface area contributed by atoms with E-state index in [-0.39, 0.29) is 12.6 Å². The SMILES string of the molecule is CC(C)(C)OC(=O)CCC1CCC(COc2cnc(-c3cccc(CO)c3)nc2)CC1. The van der Waals surface area contributed by atoms with Gasteiger partial charge in [0.25, 0.3) is 0 Å². The second-order valence-electron chi connectivity index (χ2n) is 9.42. The molecule has 0 unspecified atom stereocenters. The lowest BCUT2D eigenvalue weighted by Gasteiger charge is -2.28. The molecule has 1 N–H and O–H groups in total. The minimum atomic E-state index is -0.405. The zero-order valence-corrected chi connectivity index (χ0v) is 18.8. The second-order valence-corrected chi connectivity index (χ2v) is 9.42. The largest absolute Gasteiger partial charge is 0.490 e. The Morgan fingerprint density at radius 3 is 2.42 bits per heavy atom. The van der Waals surface area contributed by atoms with Gasteiger partial charge in [-0.2, -0.15) is 0 Å². The lowest BCUT2D eigenvalue weighted by Crippen LogP contribution is -2.25. The third kappa shape index (κ3) is 7.62. The van der Waals surface area contributed by atoms with E-state index in [1.54, 1.807) is 12.4 Å². The van der Waals surface area contributed by atoms with Crippen molar-refractivity contribution in [3.63, 3.8) is 0 Å². The first-order valence-corrected chi connectivity index (χ1v) is 11.2. The van der Waals surface area contributed by atoms with E-state index in [1.165, 1.54) is 0 Å². The molecule has 1 aliphatic rings. The summed E-state index contributed by atoms with van der Waals surface area (Å²) in [6.07, 6.45) is 9.34. The first kappa shape index (κ1) is 23.2. The van der Waals surface area contributed by atoms with E-state index in [0.29, 0.717) is 36.4 Å². The number of aliphatic hydroxyl groups is 1. The highest BCUT2D eigenvalue weighted by molar-refractivity contribution is 5.69. The standard InChI is InChI=1S/C25H34N2O4/c1-25(2,3)31-23(29)12-11-18-7-9-19(10-8-18)17-30-22-14-26-24(27-15-22)21-6-4-5-20(13-21)16-28/h4-6,13-15,18-19,28H,7-12,16-17H2,1-3H3. The fourth-order valence-electron chi connectivity index (χ4n) is 3.96. The molecule has 6 nitrogen and oxygen atoms in total. The van der Waals surface area contributed by atoms with Gasteiger partial charge in [-0.05, 0) is 63.5 Å². The molecule has 168 valence electrons. The van der Waals surface area contributed by atoms with Crippen LogP contribution in [0.3, 0.4) is 0 Å². The Morgan fingerprint density at radius 2 is 1.77 bits per heavy atom. The van der Waals surface area contributed by atoms with E-state index < -0.39 is 5.60 Å². The van der Waals surface area contributed by atoms with Crippen molar-refractivity contribution in [3.05, 3.63) is 42.2 Å². The van der Waals surface area contributed by atoms with Crippen molar-refractivity contribution in [3.8, 4) is 17.1 Å². The molecule has 1 fully saturated rings. The second kappa shape index (κ2) is 10.7. The van der Waals surface area contributed by atoms with Crippen LogP contribution < -0.4 is 4.74 Å². The molecule has 0 amide bonds. The quantitative estimate of drug-likeness (QED) is 0.602. The van der Waals surface area contributed by atoms with Gasteiger partial charge in [0.2, 0.25) is 0 Å². The van der Waals surface area contributed by atoms with Crippen molar-refractivity contribution >= 4 is 5.97 Å². The van der Waals surface area contributed by atoms with Gasteiger partial charge >= 0.3 is 5.97 Å². The van der Waals surface area contributed by atoms with Crippen molar-refractivity contribution in [1.29, 1.82) is 0 Å². The lowest BCUT2D eigenvalue weighted by molar-refractivity contribution is -0.155. The fourth-order valence-corrected chi connectivity index (χ4v) is 3.96. The monoisotopic (exact) mass is 426 g/mol. The summed E-state index contributed by atoms with van der Waals surface area (Å²) in [6, 6.07) is 7.57. The van der Waals surface area contributed by atoms with Crippen LogP contribution in [0, 0.1) is 11.8 Å². The molecule has 1 aromatic carbocycles. The normalized spacial score (nSPS) is 19.1. The summed E-state index contributed by atoms with van der Waals surface area (Å²) in [5.74, 6) is 2.33. The zero-order valence-electron chi connectivity index (χ0n) is 18.8. The van der Waals surface area contributed by atoms with Crippen molar-refractivity contribution < 1.29 is 19.4 Å². The van der Waals surface area contributed by atoms with Gasteiger partial charge in [0, 0.05) is 12.0 Å². The first-order chi connectivity index (χ1) is 14.8. The summed E-state index contributed by atoms with van der Waals surface area (Å²) in [5, 5.41) is 9.28. The first-order valence-electron chi connectivity index (χ1n) is 11.2. The van der Waals surface area contributed by atoms with Crippen LogP contribution in [-0.4, -0.2) is 33.3 Å². The molecule has 31 heavy (non-hydrogen) atoms. The van der Waals surface area contributed by atoms with Gasteiger partial charge < -0.3 is 14.6 Å². The van der Waals surface area contributed by atoms with Gasteiger partial charge in [-0.25, -0.2) is 9.97 Å². The molecular formula is C25H34N2O4. The molecule has 2 aromatic rings. The Labute approximate surface area is 185 Å². The summed E-state index contributed by atoms with van der Waals surface area (Å²) >= 11 is 0. The van der Waals surface area contributed by atoms with Gasteiger partial charge in [0.05, 0.1) is 25.6 Å². The van der Waals surface area contributed by atoms with Crippen LogP contribution in [0.2, 0.25) is 0 Å². The van der Waals surface area contributed by atoms with E-state index in [0.717, 1.165) is 43.2 Å². The Morgan fingerprint density at radius 1 is 1.10 bits per heavy atom. The molecule has 6 heteroatoms. The smallest absolute Gasteiger partial charge is 0.306 e. The van der Waals surface area contributed by atoms with Crippen molar-refractivity contribution in [1.82, 2.24) is 9.97 Å². The molecule has 0 radical (unpaired) electrons. The maximum absolute atomic E-state index is 11.9. The van der Waals surface area contributed by atoms with Crippen molar-refractivity contribution in [2.24, 2.45) is 11.8 Å². The van der Waals surface area contributed by atoms with Crippen molar-refractivity contribution in [2.45, 2.75) is 71.5 Å². The third-order valence-electron chi connectivity index (χ3n) is 5.62. The number of aromatic nitrogens is 2. The fraction of sp³-hybridized carbons (Fsp3) is 0.560. The maximum atomic E-state index is 11.9. The summed E-state index contributed by atoms with van der Waals surface area (Å²) in [7, 11) is 0. The summed E-state index contributed by atoms with van der Waals surface area (Å²) in [5.41, 5.74) is 1.31. The minimum Gasteiger partial charge on any atom is -0.490 e. The Hall–Kier alpha value is -2.47. The van der Waals surface area contributed by atoms with Gasteiger partial charge in [-0.3, -0.25) is 4.79 Å². The summed E-state index contributed by atoms with van der Waals surface area (Å²) in [4.78, 5) is 20.7. The molecule has 1 aromatic heterocycles. The Bertz CT molecular complexity index is 837. The number of esters is 1. The number of hydrogen-bond donors (Lipinski definition) is 1. The maximum Gasteiger partial charge on any atom is 0.306 e. The summed E-state index contributed by atoms with van der Waals surface area (Å²) in [6.45, 7) is 6.38. The van der Waals surface area contributed by atoms with E-state index >= 15 is 0 Å². The van der Waals surface area contributed by atoms with Crippen LogP contribution >= 0.6 is 0 Å². The Balaban J connectivity index is 1.39. The molecule has 0 saturated heterocycles. The number of benzene rings is 1. The number of carbonyl (C=O) groups excluding carboxylic acids is 1. The number of aliphatic hydroxyl groups excluding tert-OH is 1. The van der Waals surface area contributed by atoms with Gasteiger partial charge in [-0.15, -0.1) is 0 Å². The van der Waals surface area contributed by atoms with E-state index in [2.05, 4.69) is 9.97 Å². The molecule has 3 rings (SSSR count). The van der Waals surface area contributed by atoms with Crippen LogP contribution in [-0.2, 0) is 16.1 Å². The van der Waals surface area contributed by atoms with Crippen LogP contribution in [0.5, 0.6) is 5.75 Å². The highest BCUT2D eigenvalue weighted by Crippen LogP contribution is 2.32. The van der Waals surface area contributed by atoms with Crippen LogP contribution in [0.1, 0.15) is 64.9 Å². The molecular weight excluding hydrogens is 392 g/mol. The van der Waals surface area contributed by atoms with E-state index in [4.69, 9.17) is 9.47 Å². The van der Waals surface area contributed by atoms with Crippen molar-refractivity contribution in [2.75, 3.05) is 6.61 Å². The lowest BCUT2D eigenvalue weighted by atomic mass is 9.80. The zero-order chi connectivity index (χ0) is 22.3. The predicted octanol–water partition coefficient (Wildman–Crippen LogP) is 4.94. The number of nitrogens with zero attached hydrogens (tertiary/aromatic N) is 2. The van der Waals surface area contributed by atoms with E-state index in [1.807, 2.05) is 45.0 Å². The van der Waals surface area contributed by atoms with Crippen LogP contribution in [0.25, 0.3) is 11.4 Å². The summed E-state index contributed by atoms with van der Waals surface area (Å²) < 4.78 is 11.3. The average Bonchev–Trinajstić information content (AvgIpc) is 2.76. The molecule has 1 aliphatic carbocycles. The molecule has 1 heterocycles. The van der Waals surface area contributed by atoms with Crippen LogP contribution in [0.15, 0.2) is 36.7 Å².